The van der Waals surface area contributed by atoms with Crippen LogP contribution in [0.5, 0.6) is 0 Å². The number of aliphatic hydroxyl groups is 1. The van der Waals surface area contributed by atoms with Crippen molar-refractivity contribution in [1.29, 1.82) is 0 Å². The van der Waals surface area contributed by atoms with Crippen LogP contribution in [0.3, 0.4) is 0 Å². The lowest BCUT2D eigenvalue weighted by molar-refractivity contribution is 0.167. The first-order valence-corrected chi connectivity index (χ1v) is 4.06. The fourth-order valence-electron chi connectivity index (χ4n) is 0.884. The summed E-state index contributed by atoms with van der Waals surface area (Å²) in [5.41, 5.74) is 0. The molecule has 0 aliphatic carbocycles. The summed E-state index contributed by atoms with van der Waals surface area (Å²) >= 11 is 0. The van der Waals surface area contributed by atoms with Gasteiger partial charge in [-0.25, -0.2) is 4.39 Å². The molecule has 0 spiro atoms. The second-order valence-electron chi connectivity index (χ2n) is 2.63. The van der Waals surface area contributed by atoms with E-state index >= 15 is 0 Å². The Labute approximate surface area is 62.3 Å². The largest absolute Gasteiger partial charge is 0.393 e. The molecule has 0 unspecified atom stereocenters. The zero-order valence-electron chi connectivity index (χ0n) is 6.65. The van der Waals surface area contributed by atoms with E-state index in [1.807, 2.05) is 0 Å². The van der Waals surface area contributed by atoms with Crippen molar-refractivity contribution in [3.05, 3.63) is 0 Å². The first-order chi connectivity index (χ1) is 4.81. The lowest BCUT2D eigenvalue weighted by atomic mass is 10.1. The van der Waals surface area contributed by atoms with Gasteiger partial charge in [-0.3, -0.25) is 0 Å². The first-order valence-electron chi connectivity index (χ1n) is 4.06. The molecular weight excluding hydrogens is 131 g/mol. The predicted molar refractivity (Wildman–Crippen MR) is 40.7 cm³/mol. The fraction of sp³-hybridized carbons (Fsp3) is 1.00. The van der Waals surface area contributed by atoms with Crippen LogP contribution in [0.2, 0.25) is 0 Å². The van der Waals surface area contributed by atoms with Crippen LogP contribution in [0.4, 0.5) is 4.39 Å². The molecule has 0 saturated carbocycles. The van der Waals surface area contributed by atoms with Gasteiger partial charge < -0.3 is 5.11 Å². The number of hydrogen-bond donors (Lipinski definition) is 1. The van der Waals surface area contributed by atoms with Crippen molar-refractivity contribution in [2.75, 3.05) is 6.61 Å². The number of unbranched alkanes of at least 4 members (excludes halogenated alkanes) is 3. The van der Waals surface area contributed by atoms with Crippen molar-refractivity contribution >= 4 is 0 Å². The predicted octanol–water partition coefficient (Wildman–Crippen LogP) is 2.29. The minimum absolute atomic E-state index is 0.313. The molecule has 2 heteroatoms. The van der Waals surface area contributed by atoms with Gasteiger partial charge in [-0.1, -0.05) is 32.6 Å². The van der Waals surface area contributed by atoms with Crippen molar-refractivity contribution < 1.29 is 9.50 Å². The standard InChI is InChI=1S/C8H17FO/c1-2-3-4-5-6-8(9)7-10/h8,10H,2-7H2,1H3/t8-/m0/s1. The summed E-state index contributed by atoms with van der Waals surface area (Å²) < 4.78 is 12.3. The Morgan fingerprint density at radius 3 is 2.50 bits per heavy atom. The van der Waals surface area contributed by atoms with E-state index < -0.39 is 6.17 Å². The minimum atomic E-state index is -0.989. The van der Waals surface area contributed by atoms with Crippen molar-refractivity contribution in [2.24, 2.45) is 0 Å². The van der Waals surface area contributed by atoms with Gasteiger partial charge in [0.1, 0.15) is 6.17 Å². The van der Waals surface area contributed by atoms with Crippen LogP contribution < -0.4 is 0 Å². The maximum Gasteiger partial charge on any atom is 0.123 e. The third-order valence-electron chi connectivity index (χ3n) is 1.57. The Bertz CT molecular complexity index is 66.3. The summed E-state index contributed by atoms with van der Waals surface area (Å²) in [6.45, 7) is 1.81. The lowest BCUT2D eigenvalue weighted by Crippen LogP contribution is -2.04. The molecule has 1 N–H and O–H groups in total. The molecule has 0 radical (unpaired) electrons. The van der Waals surface area contributed by atoms with E-state index in [2.05, 4.69) is 6.92 Å². The van der Waals surface area contributed by atoms with Gasteiger partial charge in [0.15, 0.2) is 0 Å². The summed E-state index contributed by atoms with van der Waals surface area (Å²) in [6, 6.07) is 0. The maximum atomic E-state index is 12.3. The summed E-state index contributed by atoms with van der Waals surface area (Å²) in [7, 11) is 0. The maximum absolute atomic E-state index is 12.3. The number of hydrogen-bond acceptors (Lipinski definition) is 1. The fourth-order valence-corrected chi connectivity index (χ4v) is 0.884. The van der Waals surface area contributed by atoms with E-state index in [4.69, 9.17) is 5.11 Å². The highest BCUT2D eigenvalue weighted by Gasteiger charge is 2.01. The third kappa shape index (κ3) is 6.02. The van der Waals surface area contributed by atoms with Gasteiger partial charge in [0.2, 0.25) is 0 Å². The van der Waals surface area contributed by atoms with Gasteiger partial charge in [-0.2, -0.15) is 0 Å². The van der Waals surface area contributed by atoms with E-state index in [-0.39, 0.29) is 6.61 Å². The Hall–Kier alpha value is -0.110. The van der Waals surface area contributed by atoms with E-state index in [9.17, 15) is 4.39 Å². The Morgan fingerprint density at radius 2 is 2.00 bits per heavy atom. The minimum Gasteiger partial charge on any atom is -0.393 e. The zero-order valence-corrected chi connectivity index (χ0v) is 6.65. The molecule has 0 aromatic carbocycles. The van der Waals surface area contributed by atoms with Crippen LogP contribution in [-0.2, 0) is 0 Å². The summed E-state index contributed by atoms with van der Waals surface area (Å²) in [5, 5.41) is 8.32. The lowest BCUT2D eigenvalue weighted by Gasteiger charge is -2.02. The summed E-state index contributed by atoms with van der Waals surface area (Å²) in [6.07, 6.45) is 3.90. The topological polar surface area (TPSA) is 20.2 Å². The average Bonchev–Trinajstić information content (AvgIpc) is 1.98. The highest BCUT2D eigenvalue weighted by Crippen LogP contribution is 2.06. The van der Waals surface area contributed by atoms with Gasteiger partial charge in [-0.05, 0) is 6.42 Å². The van der Waals surface area contributed by atoms with Crippen molar-refractivity contribution in [1.82, 2.24) is 0 Å². The van der Waals surface area contributed by atoms with E-state index in [0.717, 1.165) is 12.8 Å². The van der Waals surface area contributed by atoms with Crippen LogP contribution in [0.1, 0.15) is 39.0 Å². The third-order valence-corrected chi connectivity index (χ3v) is 1.57. The molecule has 0 aliphatic heterocycles. The molecule has 0 saturated heterocycles. The molecule has 0 aromatic heterocycles. The summed E-state index contributed by atoms with van der Waals surface area (Å²) in [5.74, 6) is 0. The van der Waals surface area contributed by atoms with E-state index in [1.54, 1.807) is 0 Å². The number of alkyl halides is 1. The molecular formula is C8H17FO. The Balaban J connectivity index is 2.89. The normalized spacial score (nSPS) is 13.5. The van der Waals surface area contributed by atoms with Gasteiger partial charge in [0, 0.05) is 0 Å². The monoisotopic (exact) mass is 148 g/mol. The molecule has 0 bridgehead atoms. The molecule has 0 heterocycles. The Morgan fingerprint density at radius 1 is 1.30 bits per heavy atom. The quantitative estimate of drug-likeness (QED) is 0.573. The van der Waals surface area contributed by atoms with E-state index in [0.29, 0.717) is 6.42 Å². The molecule has 1 atom stereocenters. The van der Waals surface area contributed by atoms with Crippen molar-refractivity contribution in [3.63, 3.8) is 0 Å². The second kappa shape index (κ2) is 7.00. The van der Waals surface area contributed by atoms with Gasteiger partial charge in [-0.15, -0.1) is 0 Å². The molecule has 10 heavy (non-hydrogen) atoms. The van der Waals surface area contributed by atoms with Gasteiger partial charge >= 0.3 is 0 Å². The van der Waals surface area contributed by atoms with Crippen LogP contribution in [0, 0.1) is 0 Å². The smallest absolute Gasteiger partial charge is 0.123 e. The number of aliphatic hydroxyl groups excluding tert-OH is 1. The van der Waals surface area contributed by atoms with Crippen LogP contribution in [0.15, 0.2) is 0 Å². The average molecular weight is 148 g/mol. The molecule has 0 fully saturated rings. The highest BCUT2D eigenvalue weighted by molar-refractivity contribution is 4.52. The zero-order chi connectivity index (χ0) is 7.82. The van der Waals surface area contributed by atoms with E-state index in [1.165, 1.54) is 12.8 Å². The molecule has 0 amide bonds. The molecule has 1 nitrogen and oxygen atoms in total. The number of rotatable bonds is 6. The van der Waals surface area contributed by atoms with Gasteiger partial charge in [0.25, 0.3) is 0 Å². The Kier molecular flexibility index (Phi) is 6.93. The van der Waals surface area contributed by atoms with Crippen LogP contribution >= 0.6 is 0 Å². The first kappa shape index (κ1) is 9.89. The van der Waals surface area contributed by atoms with Crippen LogP contribution in [0.25, 0.3) is 0 Å². The van der Waals surface area contributed by atoms with Crippen molar-refractivity contribution in [2.45, 2.75) is 45.2 Å². The molecule has 0 aromatic rings. The molecule has 0 aliphatic rings. The number of halogens is 1. The summed E-state index contributed by atoms with van der Waals surface area (Å²) in [4.78, 5) is 0. The van der Waals surface area contributed by atoms with Crippen molar-refractivity contribution in [3.8, 4) is 0 Å². The van der Waals surface area contributed by atoms with Gasteiger partial charge in [0.05, 0.1) is 6.61 Å². The highest BCUT2D eigenvalue weighted by atomic mass is 19.1. The molecule has 62 valence electrons. The SMILES string of the molecule is CCCCCC[C@H](F)CO. The second-order valence-corrected chi connectivity index (χ2v) is 2.63. The molecule has 0 rings (SSSR count). The van der Waals surface area contributed by atoms with Crippen LogP contribution in [-0.4, -0.2) is 17.9 Å².